The average Bonchev–Trinajstić information content (AvgIpc) is 2.68. The van der Waals surface area contributed by atoms with Gasteiger partial charge in [-0.25, -0.2) is 4.98 Å². The summed E-state index contributed by atoms with van der Waals surface area (Å²) in [4.78, 5) is 4.61. The van der Waals surface area contributed by atoms with Crippen LogP contribution < -0.4 is 5.32 Å². The topological polar surface area (TPSA) is 24.9 Å². The minimum Gasteiger partial charge on any atom is -0.317 e. The Morgan fingerprint density at radius 1 is 1.40 bits per heavy atom. The number of hydrogen-bond donors (Lipinski definition) is 1. The van der Waals surface area contributed by atoms with Crippen LogP contribution in [0.2, 0.25) is 0 Å². The van der Waals surface area contributed by atoms with E-state index < -0.39 is 0 Å². The summed E-state index contributed by atoms with van der Waals surface area (Å²) >= 11 is 1.81. The smallest absolute Gasteiger partial charge is 0.0939 e. The lowest BCUT2D eigenvalue weighted by Crippen LogP contribution is -2.21. The number of benzene rings is 1. The highest BCUT2D eigenvalue weighted by atomic mass is 32.1. The van der Waals surface area contributed by atoms with Crippen molar-refractivity contribution in [2.24, 2.45) is 0 Å². The molecule has 0 radical (unpaired) electrons. The Morgan fingerprint density at radius 3 is 2.93 bits per heavy atom. The highest BCUT2D eigenvalue weighted by Crippen LogP contribution is 2.22. The lowest BCUT2D eigenvalue weighted by atomic mass is 10.2. The number of nitrogens with one attached hydrogen (secondary N) is 1. The monoisotopic (exact) mass is 220 g/mol. The van der Waals surface area contributed by atoms with Crippen LogP contribution in [0, 0.1) is 0 Å². The first-order valence-electron chi connectivity index (χ1n) is 5.31. The summed E-state index contributed by atoms with van der Waals surface area (Å²) in [7, 11) is 2.00. The van der Waals surface area contributed by atoms with Gasteiger partial charge >= 0.3 is 0 Å². The first kappa shape index (κ1) is 10.6. The fraction of sp³-hybridized carbons (Fsp3) is 0.417. The number of hydrogen-bond acceptors (Lipinski definition) is 3. The molecule has 0 aliphatic rings. The molecule has 1 aromatic carbocycles. The molecule has 0 bridgehead atoms. The van der Waals surface area contributed by atoms with Gasteiger partial charge in [-0.15, -0.1) is 11.3 Å². The number of aromatic nitrogens is 1. The quantitative estimate of drug-likeness (QED) is 0.857. The number of aryl methyl sites for hydroxylation is 1. The van der Waals surface area contributed by atoms with Crippen LogP contribution in [-0.4, -0.2) is 18.1 Å². The predicted octanol–water partition coefficient (Wildman–Crippen LogP) is 2.84. The highest BCUT2D eigenvalue weighted by Gasteiger charge is 2.04. The molecule has 3 heteroatoms. The molecular weight excluding hydrogens is 204 g/mol. The van der Waals surface area contributed by atoms with Gasteiger partial charge in [-0.05, 0) is 32.5 Å². The molecule has 2 aromatic rings. The zero-order valence-electron chi connectivity index (χ0n) is 9.16. The van der Waals surface area contributed by atoms with E-state index in [0.717, 1.165) is 18.4 Å². The number of nitrogens with zero attached hydrogens (tertiary/aromatic N) is 1. The molecule has 1 unspecified atom stereocenters. The Balaban J connectivity index is 2.09. The molecule has 2 rings (SSSR count). The Morgan fingerprint density at radius 2 is 2.20 bits per heavy atom. The molecule has 0 aliphatic heterocycles. The van der Waals surface area contributed by atoms with Gasteiger partial charge in [0.25, 0.3) is 0 Å². The first-order valence-corrected chi connectivity index (χ1v) is 6.13. The van der Waals surface area contributed by atoms with Crippen LogP contribution in [-0.2, 0) is 6.42 Å². The van der Waals surface area contributed by atoms with E-state index in [2.05, 4.69) is 35.4 Å². The van der Waals surface area contributed by atoms with Gasteiger partial charge in [-0.3, -0.25) is 0 Å². The van der Waals surface area contributed by atoms with E-state index in [4.69, 9.17) is 0 Å². The van der Waals surface area contributed by atoms with Crippen molar-refractivity contribution < 1.29 is 0 Å². The molecule has 0 saturated carbocycles. The average molecular weight is 220 g/mol. The number of para-hydroxylation sites is 1. The van der Waals surface area contributed by atoms with Crippen molar-refractivity contribution in [3.8, 4) is 0 Å². The first-order chi connectivity index (χ1) is 7.29. The molecule has 2 nitrogen and oxygen atoms in total. The molecule has 1 heterocycles. The molecule has 0 spiro atoms. The molecule has 80 valence electrons. The Hall–Kier alpha value is -0.930. The van der Waals surface area contributed by atoms with Crippen molar-refractivity contribution in [3.05, 3.63) is 29.3 Å². The minimum atomic E-state index is 0.567. The third kappa shape index (κ3) is 2.55. The maximum atomic E-state index is 4.61. The van der Waals surface area contributed by atoms with Crippen molar-refractivity contribution >= 4 is 21.6 Å². The van der Waals surface area contributed by atoms with E-state index in [-0.39, 0.29) is 0 Å². The van der Waals surface area contributed by atoms with Crippen LogP contribution in [0.3, 0.4) is 0 Å². The van der Waals surface area contributed by atoms with E-state index in [1.807, 2.05) is 24.5 Å². The molecule has 0 fully saturated rings. The highest BCUT2D eigenvalue weighted by molar-refractivity contribution is 7.18. The lowest BCUT2D eigenvalue weighted by Gasteiger charge is -2.07. The summed E-state index contributed by atoms with van der Waals surface area (Å²) in [6, 6.07) is 8.90. The zero-order valence-corrected chi connectivity index (χ0v) is 9.97. The SMILES string of the molecule is CNC(C)CCc1nc2ccccc2s1. The molecule has 0 saturated heterocycles. The second kappa shape index (κ2) is 4.73. The summed E-state index contributed by atoms with van der Waals surface area (Å²) in [5.41, 5.74) is 1.13. The van der Waals surface area contributed by atoms with Gasteiger partial charge < -0.3 is 5.32 Å². The van der Waals surface area contributed by atoms with Gasteiger partial charge in [-0.2, -0.15) is 0 Å². The van der Waals surface area contributed by atoms with Crippen molar-refractivity contribution in [1.29, 1.82) is 0 Å². The zero-order chi connectivity index (χ0) is 10.7. The second-order valence-electron chi connectivity index (χ2n) is 3.80. The Bertz CT molecular complexity index is 403. The van der Waals surface area contributed by atoms with Gasteiger partial charge in [0, 0.05) is 12.5 Å². The van der Waals surface area contributed by atoms with Crippen molar-refractivity contribution in [3.63, 3.8) is 0 Å². The standard InChI is InChI=1S/C12H16N2S/c1-9(13-2)7-8-12-14-10-5-3-4-6-11(10)15-12/h3-6,9,13H,7-8H2,1-2H3. The van der Waals surface area contributed by atoms with Gasteiger partial charge in [-0.1, -0.05) is 12.1 Å². The maximum absolute atomic E-state index is 4.61. The second-order valence-corrected chi connectivity index (χ2v) is 4.92. The summed E-state index contributed by atoms with van der Waals surface area (Å²) in [5, 5.41) is 4.49. The van der Waals surface area contributed by atoms with Crippen LogP contribution in [0.1, 0.15) is 18.4 Å². The van der Waals surface area contributed by atoms with E-state index in [0.29, 0.717) is 6.04 Å². The third-order valence-electron chi connectivity index (χ3n) is 2.62. The minimum absolute atomic E-state index is 0.567. The molecule has 1 atom stereocenters. The molecule has 15 heavy (non-hydrogen) atoms. The van der Waals surface area contributed by atoms with Gasteiger partial charge in [0.15, 0.2) is 0 Å². The van der Waals surface area contributed by atoms with E-state index in [1.165, 1.54) is 9.71 Å². The molecule has 0 amide bonds. The van der Waals surface area contributed by atoms with E-state index in [9.17, 15) is 0 Å². The fourth-order valence-electron chi connectivity index (χ4n) is 1.51. The van der Waals surface area contributed by atoms with Crippen molar-refractivity contribution in [2.45, 2.75) is 25.8 Å². The van der Waals surface area contributed by atoms with E-state index >= 15 is 0 Å². The number of thiazole rings is 1. The van der Waals surface area contributed by atoms with Crippen LogP contribution in [0.4, 0.5) is 0 Å². The summed E-state index contributed by atoms with van der Waals surface area (Å²) in [5.74, 6) is 0. The van der Waals surface area contributed by atoms with Crippen LogP contribution in [0.5, 0.6) is 0 Å². The predicted molar refractivity (Wildman–Crippen MR) is 66.5 cm³/mol. The van der Waals surface area contributed by atoms with E-state index in [1.54, 1.807) is 0 Å². The molecule has 0 aliphatic carbocycles. The Kier molecular flexibility index (Phi) is 3.34. The van der Waals surface area contributed by atoms with Gasteiger partial charge in [0.2, 0.25) is 0 Å². The lowest BCUT2D eigenvalue weighted by molar-refractivity contribution is 0.564. The third-order valence-corrected chi connectivity index (χ3v) is 3.72. The Labute approximate surface area is 94.3 Å². The van der Waals surface area contributed by atoms with Crippen molar-refractivity contribution in [1.82, 2.24) is 10.3 Å². The molecular formula is C12H16N2S. The normalized spacial score (nSPS) is 13.2. The van der Waals surface area contributed by atoms with Crippen LogP contribution >= 0.6 is 11.3 Å². The van der Waals surface area contributed by atoms with Crippen molar-refractivity contribution in [2.75, 3.05) is 7.05 Å². The summed E-state index contributed by atoms with van der Waals surface area (Å²) in [6.07, 6.45) is 2.22. The van der Waals surface area contributed by atoms with Gasteiger partial charge in [0.1, 0.15) is 0 Å². The van der Waals surface area contributed by atoms with Crippen LogP contribution in [0.25, 0.3) is 10.2 Å². The molecule has 1 aromatic heterocycles. The largest absolute Gasteiger partial charge is 0.317 e. The van der Waals surface area contributed by atoms with Crippen LogP contribution in [0.15, 0.2) is 24.3 Å². The molecule has 1 N–H and O–H groups in total. The number of fused-ring (bicyclic) bond motifs is 1. The maximum Gasteiger partial charge on any atom is 0.0939 e. The summed E-state index contributed by atoms with van der Waals surface area (Å²) < 4.78 is 1.30. The summed E-state index contributed by atoms with van der Waals surface area (Å²) in [6.45, 7) is 2.20. The number of rotatable bonds is 4. The van der Waals surface area contributed by atoms with Gasteiger partial charge in [0.05, 0.1) is 15.2 Å². The fourth-order valence-corrected chi connectivity index (χ4v) is 2.49.